The molecule has 3 aliphatic heterocycles. The SMILES string of the molecule is NC1CNCC(F)C1N1CCC(N2CCCC2O)CC1. The van der Waals surface area contributed by atoms with Gasteiger partial charge in [-0.2, -0.15) is 0 Å². The summed E-state index contributed by atoms with van der Waals surface area (Å²) in [6.45, 7) is 3.92. The second kappa shape index (κ2) is 6.23. The van der Waals surface area contributed by atoms with Crippen molar-refractivity contribution in [2.75, 3.05) is 32.7 Å². The van der Waals surface area contributed by atoms with Gasteiger partial charge in [0.15, 0.2) is 0 Å². The number of hydrogen-bond donors (Lipinski definition) is 3. The maximum absolute atomic E-state index is 14.1. The van der Waals surface area contributed by atoms with Gasteiger partial charge in [-0.25, -0.2) is 4.39 Å². The summed E-state index contributed by atoms with van der Waals surface area (Å²) in [7, 11) is 0. The lowest BCUT2D eigenvalue weighted by molar-refractivity contribution is -0.0252. The minimum Gasteiger partial charge on any atom is -0.378 e. The Balaban J connectivity index is 1.55. The van der Waals surface area contributed by atoms with E-state index in [1.807, 2.05) is 0 Å². The van der Waals surface area contributed by atoms with Crippen molar-refractivity contribution in [1.29, 1.82) is 0 Å². The summed E-state index contributed by atoms with van der Waals surface area (Å²) in [6.07, 6.45) is 2.88. The standard InChI is InChI=1S/C14H27FN4O/c15-11-8-17-9-12(16)14(11)18-6-3-10(4-7-18)19-5-1-2-13(19)20/h10-14,17,20H,1-9,16H2. The van der Waals surface area contributed by atoms with E-state index in [1.165, 1.54) is 0 Å². The number of nitrogens with two attached hydrogens (primary N) is 1. The summed E-state index contributed by atoms with van der Waals surface area (Å²) < 4.78 is 14.1. The predicted molar refractivity (Wildman–Crippen MR) is 76.1 cm³/mol. The minimum atomic E-state index is -0.868. The molecule has 3 saturated heterocycles. The highest BCUT2D eigenvalue weighted by Gasteiger charge is 2.39. The van der Waals surface area contributed by atoms with Crippen molar-refractivity contribution in [2.24, 2.45) is 5.73 Å². The number of rotatable bonds is 2. The van der Waals surface area contributed by atoms with Crippen LogP contribution in [-0.4, -0.2) is 78.2 Å². The molecule has 0 amide bonds. The van der Waals surface area contributed by atoms with Gasteiger partial charge >= 0.3 is 0 Å². The highest BCUT2D eigenvalue weighted by molar-refractivity contribution is 4.97. The first-order chi connectivity index (χ1) is 9.66. The number of likely N-dealkylation sites (tertiary alicyclic amines) is 2. The summed E-state index contributed by atoms with van der Waals surface area (Å²) in [5, 5.41) is 13.0. The Morgan fingerprint density at radius 3 is 2.45 bits per heavy atom. The number of nitrogens with zero attached hydrogens (tertiary/aromatic N) is 2. The molecule has 0 saturated carbocycles. The van der Waals surface area contributed by atoms with Gasteiger partial charge in [-0.3, -0.25) is 9.80 Å². The third-order valence-corrected chi connectivity index (χ3v) is 5.18. The Bertz CT molecular complexity index is 314. The van der Waals surface area contributed by atoms with E-state index < -0.39 is 6.17 Å². The molecule has 0 spiro atoms. The molecule has 0 bridgehead atoms. The normalized spacial score (nSPS) is 42.1. The molecule has 0 radical (unpaired) electrons. The molecule has 4 N–H and O–H groups in total. The minimum absolute atomic E-state index is 0.118. The monoisotopic (exact) mass is 286 g/mol. The summed E-state index contributed by atoms with van der Waals surface area (Å²) in [6, 6.07) is 0.202. The average Bonchev–Trinajstić information content (AvgIpc) is 2.86. The second-order valence-electron chi connectivity index (χ2n) is 6.46. The molecular formula is C14H27FN4O. The molecule has 3 aliphatic rings. The molecule has 3 rings (SSSR count). The molecule has 0 aromatic rings. The molecule has 0 aromatic carbocycles. The predicted octanol–water partition coefficient (Wildman–Crippen LogP) is -0.498. The van der Waals surface area contributed by atoms with Crippen LogP contribution in [0.1, 0.15) is 25.7 Å². The van der Waals surface area contributed by atoms with E-state index in [1.54, 1.807) is 0 Å². The fourth-order valence-corrected chi connectivity index (χ4v) is 4.11. The average molecular weight is 286 g/mol. The Morgan fingerprint density at radius 1 is 1.10 bits per heavy atom. The number of hydrogen-bond acceptors (Lipinski definition) is 5. The molecule has 3 fully saturated rings. The fraction of sp³-hybridized carbons (Fsp3) is 1.00. The third-order valence-electron chi connectivity index (χ3n) is 5.18. The highest BCUT2D eigenvalue weighted by atomic mass is 19.1. The van der Waals surface area contributed by atoms with Crippen LogP contribution in [0.3, 0.4) is 0 Å². The van der Waals surface area contributed by atoms with Crippen LogP contribution in [0.2, 0.25) is 0 Å². The van der Waals surface area contributed by atoms with Gasteiger partial charge in [-0.15, -0.1) is 0 Å². The number of alkyl halides is 1. The first kappa shape index (κ1) is 14.7. The van der Waals surface area contributed by atoms with E-state index in [0.29, 0.717) is 19.1 Å². The topological polar surface area (TPSA) is 64.8 Å². The van der Waals surface area contributed by atoms with Crippen molar-refractivity contribution < 1.29 is 9.50 Å². The number of nitrogens with one attached hydrogen (secondary N) is 1. The van der Waals surface area contributed by atoms with Gasteiger partial charge in [0.2, 0.25) is 0 Å². The summed E-state index contributed by atoms with van der Waals surface area (Å²) in [5.41, 5.74) is 6.08. The third kappa shape index (κ3) is 2.85. The van der Waals surface area contributed by atoms with E-state index in [-0.39, 0.29) is 18.3 Å². The van der Waals surface area contributed by atoms with Crippen molar-refractivity contribution in [3.63, 3.8) is 0 Å². The van der Waals surface area contributed by atoms with Crippen LogP contribution in [-0.2, 0) is 0 Å². The van der Waals surface area contributed by atoms with Crippen molar-refractivity contribution in [3.05, 3.63) is 0 Å². The maximum atomic E-state index is 14.1. The highest BCUT2D eigenvalue weighted by Crippen LogP contribution is 2.27. The van der Waals surface area contributed by atoms with Gasteiger partial charge in [0.25, 0.3) is 0 Å². The molecule has 0 aliphatic carbocycles. The molecule has 4 atom stereocenters. The van der Waals surface area contributed by atoms with Gasteiger partial charge in [0.1, 0.15) is 12.4 Å². The molecule has 5 nitrogen and oxygen atoms in total. The molecular weight excluding hydrogens is 259 g/mol. The first-order valence-electron chi connectivity index (χ1n) is 7.95. The van der Waals surface area contributed by atoms with Gasteiger partial charge in [-0.05, 0) is 25.7 Å². The zero-order valence-corrected chi connectivity index (χ0v) is 12.0. The van der Waals surface area contributed by atoms with Crippen LogP contribution in [0.4, 0.5) is 4.39 Å². The van der Waals surface area contributed by atoms with Crippen molar-refractivity contribution in [3.8, 4) is 0 Å². The quantitative estimate of drug-likeness (QED) is 0.639. The van der Waals surface area contributed by atoms with Gasteiger partial charge in [0.05, 0.1) is 6.04 Å². The van der Waals surface area contributed by atoms with Crippen molar-refractivity contribution in [1.82, 2.24) is 15.1 Å². The summed E-state index contributed by atoms with van der Waals surface area (Å²) in [5.74, 6) is 0. The lowest BCUT2D eigenvalue weighted by Crippen LogP contribution is -2.64. The van der Waals surface area contributed by atoms with Crippen molar-refractivity contribution >= 4 is 0 Å². The smallest absolute Gasteiger partial charge is 0.129 e. The largest absolute Gasteiger partial charge is 0.378 e. The van der Waals surface area contributed by atoms with Crippen LogP contribution in [0.25, 0.3) is 0 Å². The fourth-order valence-electron chi connectivity index (χ4n) is 4.11. The van der Waals surface area contributed by atoms with Crippen molar-refractivity contribution in [2.45, 2.75) is 56.2 Å². The van der Waals surface area contributed by atoms with Crippen LogP contribution in [0, 0.1) is 0 Å². The van der Waals surface area contributed by atoms with Crippen LogP contribution >= 0.6 is 0 Å². The van der Waals surface area contributed by atoms with Crippen LogP contribution in [0.15, 0.2) is 0 Å². The lowest BCUT2D eigenvalue weighted by atomic mass is 9.94. The van der Waals surface area contributed by atoms with E-state index in [4.69, 9.17) is 5.73 Å². The number of aliphatic hydroxyl groups excluding tert-OH is 1. The zero-order valence-electron chi connectivity index (χ0n) is 12.0. The molecule has 116 valence electrons. The van der Waals surface area contributed by atoms with E-state index in [9.17, 15) is 9.50 Å². The van der Waals surface area contributed by atoms with Gasteiger partial charge < -0.3 is 16.2 Å². The van der Waals surface area contributed by atoms with E-state index >= 15 is 0 Å². The van der Waals surface area contributed by atoms with Gasteiger partial charge in [-0.1, -0.05) is 0 Å². The summed E-state index contributed by atoms with van der Waals surface area (Å²) in [4.78, 5) is 4.46. The van der Waals surface area contributed by atoms with Gasteiger partial charge in [0, 0.05) is 44.8 Å². The number of piperidine rings is 2. The lowest BCUT2D eigenvalue weighted by Gasteiger charge is -2.45. The number of aliphatic hydroxyl groups is 1. The molecule has 20 heavy (non-hydrogen) atoms. The zero-order chi connectivity index (χ0) is 14.1. The van der Waals surface area contributed by atoms with Crippen LogP contribution < -0.4 is 11.1 Å². The molecule has 0 aromatic heterocycles. The Hall–Kier alpha value is -0.270. The first-order valence-corrected chi connectivity index (χ1v) is 7.95. The Morgan fingerprint density at radius 2 is 1.85 bits per heavy atom. The van der Waals surface area contributed by atoms with Crippen LogP contribution in [0.5, 0.6) is 0 Å². The molecule has 6 heteroatoms. The number of halogens is 1. The van der Waals surface area contributed by atoms with E-state index in [0.717, 1.165) is 45.3 Å². The maximum Gasteiger partial charge on any atom is 0.129 e. The Labute approximate surface area is 120 Å². The van der Waals surface area contributed by atoms with E-state index in [2.05, 4.69) is 15.1 Å². The second-order valence-corrected chi connectivity index (χ2v) is 6.46. The molecule has 3 heterocycles. The Kier molecular flexibility index (Phi) is 4.57. The summed E-state index contributed by atoms with van der Waals surface area (Å²) >= 11 is 0. The molecule has 4 unspecified atom stereocenters.